The molecular formula is C25H29N5O2S. The molecule has 0 saturated heterocycles. The predicted octanol–water partition coefficient (Wildman–Crippen LogP) is 4.50. The van der Waals surface area contributed by atoms with Crippen LogP contribution in [0.2, 0.25) is 0 Å². The van der Waals surface area contributed by atoms with Gasteiger partial charge < -0.3 is 5.32 Å². The van der Waals surface area contributed by atoms with Crippen LogP contribution in [0.25, 0.3) is 5.69 Å². The summed E-state index contributed by atoms with van der Waals surface area (Å²) in [5.74, 6) is 0.443. The van der Waals surface area contributed by atoms with Crippen molar-refractivity contribution in [2.45, 2.75) is 61.9 Å². The van der Waals surface area contributed by atoms with E-state index in [9.17, 15) is 9.59 Å². The molecule has 1 atom stereocenters. The van der Waals surface area contributed by atoms with E-state index < -0.39 is 11.3 Å². The lowest BCUT2D eigenvalue weighted by Gasteiger charge is -2.23. The molecule has 0 radical (unpaired) electrons. The predicted molar refractivity (Wildman–Crippen MR) is 129 cm³/mol. The van der Waals surface area contributed by atoms with E-state index in [1.165, 1.54) is 18.2 Å². The Labute approximate surface area is 198 Å². The fourth-order valence-corrected chi connectivity index (χ4v) is 4.89. The number of benzene rings is 2. The van der Waals surface area contributed by atoms with Gasteiger partial charge in [0, 0.05) is 18.2 Å². The maximum atomic E-state index is 12.7. The van der Waals surface area contributed by atoms with Crippen LogP contribution in [0, 0.1) is 0 Å². The van der Waals surface area contributed by atoms with Gasteiger partial charge in [-0.15, -0.1) is 10.2 Å². The van der Waals surface area contributed by atoms with Gasteiger partial charge in [-0.1, -0.05) is 79.6 Å². The van der Waals surface area contributed by atoms with Crippen molar-refractivity contribution >= 4 is 23.7 Å². The van der Waals surface area contributed by atoms with Gasteiger partial charge in [0.2, 0.25) is 5.91 Å². The fraction of sp³-hybridized carbons (Fsp3) is 0.360. The first-order valence-corrected chi connectivity index (χ1v) is 12.3. The fourth-order valence-electron chi connectivity index (χ4n) is 4.00. The number of thioether (sulfide) groups is 1. The second-order valence-corrected chi connectivity index (χ2v) is 9.60. The molecule has 3 amide bonds. The summed E-state index contributed by atoms with van der Waals surface area (Å²) < 4.78 is 1.98. The average Bonchev–Trinajstić information content (AvgIpc) is 3.22. The highest BCUT2D eigenvalue weighted by Crippen LogP contribution is 2.27. The van der Waals surface area contributed by atoms with E-state index in [2.05, 4.69) is 33.0 Å². The largest absolute Gasteiger partial charge is 0.335 e. The molecule has 4 rings (SSSR count). The van der Waals surface area contributed by atoms with Crippen molar-refractivity contribution < 1.29 is 9.59 Å². The molecule has 2 aromatic carbocycles. The molecule has 172 valence electrons. The number of carbonyl (C=O) groups excluding carboxylic acids is 2. The average molecular weight is 464 g/mol. The van der Waals surface area contributed by atoms with E-state index in [4.69, 9.17) is 0 Å². The summed E-state index contributed by atoms with van der Waals surface area (Å²) in [7, 11) is 0. The monoisotopic (exact) mass is 463 g/mol. The maximum Gasteiger partial charge on any atom is 0.321 e. The van der Waals surface area contributed by atoms with Gasteiger partial charge in [-0.25, -0.2) is 4.79 Å². The lowest BCUT2D eigenvalue weighted by atomic mass is 9.96. The molecule has 1 saturated carbocycles. The smallest absolute Gasteiger partial charge is 0.321 e. The summed E-state index contributed by atoms with van der Waals surface area (Å²) in [5.41, 5.74) is 2.06. The molecule has 1 aliphatic carbocycles. The van der Waals surface area contributed by atoms with Crippen LogP contribution in [0.15, 0.2) is 65.8 Å². The number of hydrogen-bond donors (Lipinski definition) is 2. The zero-order valence-corrected chi connectivity index (χ0v) is 19.6. The molecule has 2 N–H and O–H groups in total. The maximum absolute atomic E-state index is 12.7. The molecule has 1 fully saturated rings. The summed E-state index contributed by atoms with van der Waals surface area (Å²) >= 11 is 1.29. The first kappa shape index (κ1) is 23.0. The number of nitrogens with one attached hydrogen (secondary N) is 2. The zero-order chi connectivity index (χ0) is 23.0. The Kier molecular flexibility index (Phi) is 7.78. The van der Waals surface area contributed by atoms with Crippen molar-refractivity contribution in [2.24, 2.45) is 0 Å². The molecule has 0 aliphatic heterocycles. The van der Waals surface area contributed by atoms with E-state index in [1.54, 1.807) is 6.92 Å². The number of nitrogens with zero attached hydrogens (tertiary/aromatic N) is 3. The number of urea groups is 1. The van der Waals surface area contributed by atoms with Crippen LogP contribution in [0.3, 0.4) is 0 Å². The number of aromatic nitrogens is 3. The van der Waals surface area contributed by atoms with Crippen molar-refractivity contribution in [1.29, 1.82) is 0 Å². The summed E-state index contributed by atoms with van der Waals surface area (Å²) in [6.07, 6.45) is 6.00. The van der Waals surface area contributed by atoms with Gasteiger partial charge >= 0.3 is 6.03 Å². The van der Waals surface area contributed by atoms with Crippen molar-refractivity contribution in [1.82, 2.24) is 25.4 Å². The number of rotatable bonds is 7. The van der Waals surface area contributed by atoms with E-state index in [0.29, 0.717) is 11.6 Å². The van der Waals surface area contributed by atoms with Gasteiger partial charge in [-0.2, -0.15) is 0 Å². The van der Waals surface area contributed by atoms with Crippen LogP contribution in [0.5, 0.6) is 0 Å². The molecule has 1 aliphatic rings. The molecule has 1 unspecified atom stereocenters. The first-order valence-electron chi connectivity index (χ1n) is 11.4. The molecule has 1 aromatic heterocycles. The van der Waals surface area contributed by atoms with Crippen molar-refractivity contribution in [3.05, 3.63) is 72.1 Å². The van der Waals surface area contributed by atoms with Gasteiger partial charge in [0.05, 0.1) is 5.25 Å². The summed E-state index contributed by atoms with van der Waals surface area (Å²) in [5, 5.41) is 14.3. The molecule has 7 nitrogen and oxygen atoms in total. The van der Waals surface area contributed by atoms with E-state index in [1.807, 2.05) is 53.1 Å². The first-order chi connectivity index (χ1) is 16.1. The molecule has 0 spiro atoms. The minimum Gasteiger partial charge on any atom is -0.335 e. The SMILES string of the molecule is CC(Sc1nnc(Cc2ccccc2)n1-c1ccccc1)C(=O)NC(=O)NC1CCCCC1. The molecule has 33 heavy (non-hydrogen) atoms. The highest BCUT2D eigenvalue weighted by atomic mass is 32.2. The standard InChI is InChI=1S/C25H29N5O2S/c1-18(23(31)27-24(32)26-20-13-7-3-8-14-20)33-25-29-28-22(17-19-11-5-2-6-12-19)30(25)21-15-9-4-10-16-21/h2,4-6,9-12,15-16,18,20H,3,7-8,13-14,17H2,1H3,(H2,26,27,31,32). The van der Waals surface area contributed by atoms with Crippen LogP contribution in [0.4, 0.5) is 4.79 Å². The third kappa shape index (κ3) is 6.22. The number of hydrogen-bond acceptors (Lipinski definition) is 5. The second kappa shape index (κ2) is 11.1. The zero-order valence-electron chi connectivity index (χ0n) is 18.7. The van der Waals surface area contributed by atoms with Gasteiger partial charge in [-0.3, -0.25) is 14.7 Å². The molecule has 3 aromatic rings. The van der Waals surface area contributed by atoms with E-state index >= 15 is 0 Å². The Morgan fingerprint density at radius 3 is 2.36 bits per heavy atom. The van der Waals surface area contributed by atoms with Gasteiger partial charge in [0.25, 0.3) is 0 Å². The Hall–Kier alpha value is -3.13. The Morgan fingerprint density at radius 2 is 1.67 bits per heavy atom. The second-order valence-electron chi connectivity index (χ2n) is 8.29. The third-order valence-electron chi connectivity index (χ3n) is 5.75. The van der Waals surface area contributed by atoms with E-state index in [0.717, 1.165) is 42.8 Å². The number of imide groups is 1. The van der Waals surface area contributed by atoms with Crippen LogP contribution >= 0.6 is 11.8 Å². The number of amides is 3. The van der Waals surface area contributed by atoms with E-state index in [-0.39, 0.29) is 11.9 Å². The van der Waals surface area contributed by atoms with Crippen LogP contribution < -0.4 is 10.6 Å². The normalized spacial score (nSPS) is 15.1. The molecule has 1 heterocycles. The summed E-state index contributed by atoms with van der Waals surface area (Å²) in [6.45, 7) is 1.77. The Bertz CT molecular complexity index is 1060. The van der Waals surface area contributed by atoms with Crippen molar-refractivity contribution in [3.8, 4) is 5.69 Å². The van der Waals surface area contributed by atoms with Crippen molar-refractivity contribution in [2.75, 3.05) is 0 Å². The Balaban J connectivity index is 1.46. The minimum atomic E-state index is -0.515. The highest BCUT2D eigenvalue weighted by Gasteiger charge is 2.23. The summed E-state index contributed by atoms with van der Waals surface area (Å²) in [4.78, 5) is 25.0. The Morgan fingerprint density at radius 1 is 1.00 bits per heavy atom. The van der Waals surface area contributed by atoms with Gasteiger partial charge in [0.1, 0.15) is 5.82 Å². The highest BCUT2D eigenvalue weighted by molar-refractivity contribution is 8.00. The quantitative estimate of drug-likeness (QED) is 0.504. The van der Waals surface area contributed by atoms with Gasteiger partial charge in [0.15, 0.2) is 5.16 Å². The van der Waals surface area contributed by atoms with Crippen LogP contribution in [-0.2, 0) is 11.2 Å². The van der Waals surface area contributed by atoms with Crippen LogP contribution in [0.1, 0.15) is 50.4 Å². The van der Waals surface area contributed by atoms with Crippen molar-refractivity contribution in [3.63, 3.8) is 0 Å². The van der Waals surface area contributed by atoms with Crippen LogP contribution in [-0.4, -0.2) is 38.0 Å². The lowest BCUT2D eigenvalue weighted by Crippen LogP contribution is -2.47. The molecule has 0 bridgehead atoms. The molecular weight excluding hydrogens is 434 g/mol. The topological polar surface area (TPSA) is 88.9 Å². The third-order valence-corrected chi connectivity index (χ3v) is 6.79. The number of carbonyl (C=O) groups is 2. The lowest BCUT2D eigenvalue weighted by molar-refractivity contribution is -0.119. The summed E-state index contributed by atoms with van der Waals surface area (Å²) in [6, 6.07) is 19.7. The molecule has 8 heteroatoms. The minimum absolute atomic E-state index is 0.149. The van der Waals surface area contributed by atoms with Gasteiger partial charge in [-0.05, 0) is 37.5 Å². The number of para-hydroxylation sites is 1.